The summed E-state index contributed by atoms with van der Waals surface area (Å²) in [5.41, 5.74) is 1.30. The SMILES string of the molecule is CC(C)N(CCCO)c1ccc(CNC(C)(C)C)cn1. The van der Waals surface area contributed by atoms with Crippen molar-refractivity contribution in [2.45, 2.75) is 59.2 Å². The highest BCUT2D eigenvalue weighted by molar-refractivity contribution is 5.40. The van der Waals surface area contributed by atoms with E-state index in [4.69, 9.17) is 5.11 Å². The first-order valence-corrected chi connectivity index (χ1v) is 7.41. The molecule has 0 radical (unpaired) electrons. The molecule has 0 fully saturated rings. The minimum Gasteiger partial charge on any atom is -0.396 e. The summed E-state index contributed by atoms with van der Waals surface area (Å²) in [6, 6.07) is 4.57. The van der Waals surface area contributed by atoms with Gasteiger partial charge in [-0.15, -0.1) is 0 Å². The van der Waals surface area contributed by atoms with Crippen LogP contribution in [0.15, 0.2) is 18.3 Å². The Morgan fingerprint density at radius 3 is 2.45 bits per heavy atom. The van der Waals surface area contributed by atoms with Crippen molar-refractivity contribution in [1.29, 1.82) is 0 Å². The maximum absolute atomic E-state index is 8.98. The zero-order chi connectivity index (χ0) is 15.2. The summed E-state index contributed by atoms with van der Waals surface area (Å²) < 4.78 is 0. The Hall–Kier alpha value is -1.13. The fourth-order valence-electron chi connectivity index (χ4n) is 1.94. The van der Waals surface area contributed by atoms with Crippen molar-refractivity contribution < 1.29 is 5.11 Å². The van der Waals surface area contributed by atoms with E-state index in [-0.39, 0.29) is 12.1 Å². The molecule has 0 unspecified atom stereocenters. The number of anilines is 1. The lowest BCUT2D eigenvalue weighted by molar-refractivity contribution is 0.288. The van der Waals surface area contributed by atoms with Crippen LogP contribution in [0.2, 0.25) is 0 Å². The van der Waals surface area contributed by atoms with Crippen LogP contribution in [0.25, 0.3) is 0 Å². The largest absolute Gasteiger partial charge is 0.396 e. The molecule has 2 N–H and O–H groups in total. The molecule has 0 bridgehead atoms. The summed E-state index contributed by atoms with van der Waals surface area (Å²) in [5.74, 6) is 0.980. The first-order valence-electron chi connectivity index (χ1n) is 7.41. The summed E-state index contributed by atoms with van der Waals surface area (Å²) in [6.07, 6.45) is 2.70. The van der Waals surface area contributed by atoms with Crippen LogP contribution < -0.4 is 10.2 Å². The van der Waals surface area contributed by atoms with Crippen molar-refractivity contribution in [3.63, 3.8) is 0 Å². The number of aromatic nitrogens is 1. The van der Waals surface area contributed by atoms with Crippen molar-refractivity contribution >= 4 is 5.82 Å². The maximum Gasteiger partial charge on any atom is 0.128 e. The smallest absolute Gasteiger partial charge is 0.128 e. The number of hydrogen-bond donors (Lipinski definition) is 2. The van der Waals surface area contributed by atoms with Crippen LogP contribution >= 0.6 is 0 Å². The van der Waals surface area contributed by atoms with E-state index in [1.165, 1.54) is 5.56 Å². The van der Waals surface area contributed by atoms with E-state index in [9.17, 15) is 0 Å². The van der Waals surface area contributed by atoms with Gasteiger partial charge in [-0.1, -0.05) is 6.07 Å². The van der Waals surface area contributed by atoms with E-state index in [2.05, 4.69) is 62.0 Å². The summed E-state index contributed by atoms with van der Waals surface area (Å²) in [6.45, 7) is 12.6. The Morgan fingerprint density at radius 2 is 2.00 bits per heavy atom. The molecule has 20 heavy (non-hydrogen) atoms. The van der Waals surface area contributed by atoms with Crippen LogP contribution in [-0.4, -0.2) is 34.8 Å². The molecule has 1 aromatic rings. The Labute approximate surface area is 123 Å². The molecular formula is C16H29N3O. The van der Waals surface area contributed by atoms with Crippen LogP contribution in [0, 0.1) is 0 Å². The molecule has 1 aromatic heterocycles. The van der Waals surface area contributed by atoms with Gasteiger partial charge in [0.25, 0.3) is 0 Å². The van der Waals surface area contributed by atoms with Crippen LogP contribution in [0.5, 0.6) is 0 Å². The van der Waals surface area contributed by atoms with Gasteiger partial charge < -0.3 is 15.3 Å². The van der Waals surface area contributed by atoms with Gasteiger partial charge in [-0.3, -0.25) is 0 Å². The van der Waals surface area contributed by atoms with Gasteiger partial charge in [0.05, 0.1) is 0 Å². The third-order valence-corrected chi connectivity index (χ3v) is 3.11. The van der Waals surface area contributed by atoms with Gasteiger partial charge in [0, 0.05) is 37.5 Å². The van der Waals surface area contributed by atoms with E-state index >= 15 is 0 Å². The lowest BCUT2D eigenvalue weighted by atomic mass is 10.1. The van der Waals surface area contributed by atoms with Gasteiger partial charge in [-0.2, -0.15) is 0 Å². The fourth-order valence-corrected chi connectivity index (χ4v) is 1.94. The van der Waals surface area contributed by atoms with E-state index in [1.54, 1.807) is 0 Å². The van der Waals surface area contributed by atoms with Gasteiger partial charge in [-0.05, 0) is 52.7 Å². The number of nitrogens with zero attached hydrogens (tertiary/aromatic N) is 2. The Kier molecular flexibility index (Phi) is 6.43. The Balaban J connectivity index is 2.68. The number of rotatable bonds is 7. The molecule has 0 amide bonds. The topological polar surface area (TPSA) is 48.4 Å². The molecule has 0 spiro atoms. The highest BCUT2D eigenvalue weighted by Crippen LogP contribution is 2.15. The van der Waals surface area contributed by atoms with Crippen LogP contribution in [0.3, 0.4) is 0 Å². The summed E-state index contributed by atoms with van der Waals surface area (Å²) >= 11 is 0. The van der Waals surface area contributed by atoms with E-state index < -0.39 is 0 Å². The van der Waals surface area contributed by atoms with E-state index in [1.807, 2.05) is 6.20 Å². The van der Waals surface area contributed by atoms with Crippen molar-refractivity contribution in [3.8, 4) is 0 Å². The third kappa shape index (κ3) is 5.88. The van der Waals surface area contributed by atoms with Crippen LogP contribution in [0.4, 0.5) is 5.82 Å². The van der Waals surface area contributed by atoms with E-state index in [0.29, 0.717) is 6.04 Å². The second-order valence-electron chi connectivity index (χ2n) is 6.49. The van der Waals surface area contributed by atoms with Gasteiger partial charge in [0.2, 0.25) is 0 Å². The van der Waals surface area contributed by atoms with E-state index in [0.717, 1.165) is 25.3 Å². The number of aliphatic hydroxyl groups excluding tert-OH is 1. The van der Waals surface area contributed by atoms with Gasteiger partial charge in [0.1, 0.15) is 5.82 Å². The van der Waals surface area contributed by atoms with Gasteiger partial charge in [-0.25, -0.2) is 4.98 Å². The predicted octanol–water partition coefficient (Wildman–Crippen LogP) is 2.57. The van der Waals surface area contributed by atoms with Gasteiger partial charge in [0.15, 0.2) is 0 Å². The first kappa shape index (κ1) is 16.9. The molecule has 1 heterocycles. The number of nitrogens with one attached hydrogen (secondary N) is 1. The molecule has 114 valence electrons. The molecular weight excluding hydrogens is 250 g/mol. The summed E-state index contributed by atoms with van der Waals surface area (Å²) in [4.78, 5) is 6.78. The molecule has 1 rings (SSSR count). The fraction of sp³-hybridized carbons (Fsp3) is 0.688. The number of hydrogen-bond acceptors (Lipinski definition) is 4. The molecule has 0 aliphatic carbocycles. The normalized spacial score (nSPS) is 11.9. The molecule has 0 aliphatic heterocycles. The molecule has 0 saturated carbocycles. The summed E-state index contributed by atoms with van der Waals surface area (Å²) in [7, 11) is 0. The quantitative estimate of drug-likeness (QED) is 0.805. The lowest BCUT2D eigenvalue weighted by Crippen LogP contribution is -2.35. The van der Waals surface area contributed by atoms with Crippen LogP contribution in [0.1, 0.15) is 46.6 Å². The molecule has 0 atom stereocenters. The average molecular weight is 279 g/mol. The van der Waals surface area contributed by atoms with Crippen molar-refractivity contribution in [2.75, 3.05) is 18.1 Å². The first-order chi connectivity index (χ1) is 9.33. The number of aliphatic hydroxyl groups is 1. The Bertz CT molecular complexity index is 382. The molecule has 0 saturated heterocycles. The van der Waals surface area contributed by atoms with Gasteiger partial charge >= 0.3 is 0 Å². The highest BCUT2D eigenvalue weighted by atomic mass is 16.3. The van der Waals surface area contributed by atoms with Crippen LogP contribution in [-0.2, 0) is 6.54 Å². The molecule has 4 heteroatoms. The second-order valence-corrected chi connectivity index (χ2v) is 6.49. The van der Waals surface area contributed by atoms with Crippen molar-refractivity contribution in [1.82, 2.24) is 10.3 Å². The molecule has 4 nitrogen and oxygen atoms in total. The maximum atomic E-state index is 8.98. The number of pyridine rings is 1. The predicted molar refractivity (Wildman–Crippen MR) is 85.0 cm³/mol. The summed E-state index contributed by atoms with van der Waals surface area (Å²) in [5, 5.41) is 12.4. The monoisotopic (exact) mass is 279 g/mol. The Morgan fingerprint density at radius 1 is 1.30 bits per heavy atom. The minimum atomic E-state index is 0.115. The minimum absolute atomic E-state index is 0.115. The second kappa shape index (κ2) is 7.60. The molecule has 0 aromatic carbocycles. The molecule has 0 aliphatic rings. The zero-order valence-electron chi connectivity index (χ0n) is 13.5. The lowest BCUT2D eigenvalue weighted by Gasteiger charge is -2.28. The van der Waals surface area contributed by atoms with Crippen molar-refractivity contribution in [2.24, 2.45) is 0 Å². The zero-order valence-corrected chi connectivity index (χ0v) is 13.5. The highest BCUT2D eigenvalue weighted by Gasteiger charge is 2.12. The average Bonchev–Trinajstić information content (AvgIpc) is 2.37. The van der Waals surface area contributed by atoms with Crippen molar-refractivity contribution in [3.05, 3.63) is 23.9 Å². The standard InChI is InChI=1S/C16H29N3O/c1-13(2)19(9-6-10-20)15-8-7-14(11-17-15)12-18-16(3,4)5/h7-8,11,13,18,20H,6,9-10,12H2,1-5H3. The third-order valence-electron chi connectivity index (χ3n) is 3.11.